The van der Waals surface area contributed by atoms with E-state index in [4.69, 9.17) is 0 Å². The third kappa shape index (κ3) is 4.60. The SMILES string of the molecule is CN(Cc1ccc(N(C)C)cc1)C(=O)CSc1nc2scc(-c3cccs3)c2c(=O)n1C. The molecule has 0 saturated carbocycles. The molecule has 4 aromatic rings. The van der Waals surface area contributed by atoms with E-state index in [2.05, 4.69) is 4.98 Å². The summed E-state index contributed by atoms with van der Waals surface area (Å²) < 4.78 is 1.55. The van der Waals surface area contributed by atoms with Gasteiger partial charge >= 0.3 is 0 Å². The van der Waals surface area contributed by atoms with Crippen molar-refractivity contribution in [3.05, 3.63) is 63.1 Å². The highest BCUT2D eigenvalue weighted by Gasteiger charge is 2.18. The van der Waals surface area contributed by atoms with Gasteiger partial charge in [0.25, 0.3) is 5.56 Å². The van der Waals surface area contributed by atoms with Gasteiger partial charge in [0, 0.05) is 56.2 Å². The minimum atomic E-state index is -0.0797. The Morgan fingerprint density at radius 1 is 1.12 bits per heavy atom. The maximum atomic E-state index is 13.0. The van der Waals surface area contributed by atoms with Crippen molar-refractivity contribution in [3.8, 4) is 10.4 Å². The fourth-order valence-corrected chi connectivity index (χ4v) is 6.01. The lowest BCUT2D eigenvalue weighted by atomic mass is 10.2. The number of fused-ring (bicyclic) bond motifs is 1. The highest BCUT2D eigenvalue weighted by molar-refractivity contribution is 7.99. The van der Waals surface area contributed by atoms with Crippen molar-refractivity contribution in [3.63, 3.8) is 0 Å². The summed E-state index contributed by atoms with van der Waals surface area (Å²) in [5, 5.41) is 5.19. The first-order chi connectivity index (χ1) is 15.3. The normalized spacial score (nSPS) is 11.1. The van der Waals surface area contributed by atoms with Crippen molar-refractivity contribution in [2.75, 3.05) is 31.8 Å². The molecule has 0 atom stereocenters. The topological polar surface area (TPSA) is 58.4 Å². The van der Waals surface area contributed by atoms with E-state index in [0.29, 0.717) is 21.9 Å². The molecule has 4 rings (SSSR count). The summed E-state index contributed by atoms with van der Waals surface area (Å²) in [7, 11) is 7.51. The van der Waals surface area contributed by atoms with E-state index in [1.54, 1.807) is 34.9 Å². The molecule has 0 spiro atoms. The zero-order valence-corrected chi connectivity index (χ0v) is 20.8. The van der Waals surface area contributed by atoms with Gasteiger partial charge in [-0.1, -0.05) is 30.0 Å². The van der Waals surface area contributed by atoms with E-state index in [1.165, 1.54) is 23.1 Å². The largest absolute Gasteiger partial charge is 0.378 e. The molecule has 0 N–H and O–H groups in total. The summed E-state index contributed by atoms with van der Waals surface area (Å²) >= 11 is 4.37. The minimum Gasteiger partial charge on any atom is -0.378 e. The fraction of sp³-hybridized carbons (Fsp3) is 0.261. The van der Waals surface area contributed by atoms with Crippen molar-refractivity contribution in [1.29, 1.82) is 0 Å². The number of aromatic nitrogens is 2. The highest BCUT2D eigenvalue weighted by atomic mass is 32.2. The number of carbonyl (C=O) groups is 1. The van der Waals surface area contributed by atoms with Gasteiger partial charge in [-0.2, -0.15) is 0 Å². The molecule has 0 aliphatic heterocycles. The van der Waals surface area contributed by atoms with Crippen LogP contribution in [0.4, 0.5) is 5.69 Å². The van der Waals surface area contributed by atoms with Crippen LogP contribution in [-0.2, 0) is 18.4 Å². The molecule has 0 fully saturated rings. The predicted molar refractivity (Wildman–Crippen MR) is 136 cm³/mol. The lowest BCUT2D eigenvalue weighted by Crippen LogP contribution is -2.28. The van der Waals surface area contributed by atoms with E-state index in [0.717, 1.165) is 21.7 Å². The summed E-state index contributed by atoms with van der Waals surface area (Å²) in [6, 6.07) is 12.1. The Labute approximate surface area is 199 Å². The van der Waals surface area contributed by atoms with Gasteiger partial charge < -0.3 is 9.80 Å². The lowest BCUT2D eigenvalue weighted by molar-refractivity contribution is -0.127. The molecule has 0 unspecified atom stereocenters. The van der Waals surface area contributed by atoms with Crippen molar-refractivity contribution in [1.82, 2.24) is 14.5 Å². The Morgan fingerprint density at radius 3 is 2.53 bits per heavy atom. The average molecular weight is 485 g/mol. The van der Waals surface area contributed by atoms with Crippen molar-refractivity contribution in [2.24, 2.45) is 7.05 Å². The summed E-state index contributed by atoms with van der Waals surface area (Å²) in [5.41, 5.74) is 3.05. The standard InChI is InChI=1S/C23H24N4O2S3/c1-25(2)16-9-7-15(8-10-16)12-26(3)19(28)14-32-23-24-21-20(22(29)27(23)4)17(13-31-21)18-6-5-11-30-18/h5-11,13H,12,14H2,1-4H3. The van der Waals surface area contributed by atoms with E-state index in [9.17, 15) is 9.59 Å². The van der Waals surface area contributed by atoms with Gasteiger partial charge in [0.2, 0.25) is 5.91 Å². The number of carbonyl (C=O) groups excluding carboxylic acids is 1. The molecule has 0 radical (unpaired) electrons. The van der Waals surface area contributed by atoms with Crippen LogP contribution in [0, 0.1) is 0 Å². The quantitative estimate of drug-likeness (QED) is 0.285. The number of amides is 1. The van der Waals surface area contributed by atoms with Crippen LogP contribution in [-0.4, -0.2) is 47.3 Å². The molecule has 32 heavy (non-hydrogen) atoms. The first kappa shape index (κ1) is 22.6. The van der Waals surface area contributed by atoms with Crippen LogP contribution in [0.3, 0.4) is 0 Å². The minimum absolute atomic E-state index is 0.00788. The number of thioether (sulfide) groups is 1. The van der Waals surface area contributed by atoms with Crippen molar-refractivity contribution in [2.45, 2.75) is 11.7 Å². The van der Waals surface area contributed by atoms with Crippen LogP contribution >= 0.6 is 34.4 Å². The Balaban J connectivity index is 1.46. The Bertz CT molecular complexity index is 1290. The van der Waals surface area contributed by atoms with Crippen LogP contribution in [0.25, 0.3) is 20.7 Å². The number of benzene rings is 1. The van der Waals surface area contributed by atoms with Crippen LogP contribution in [0.5, 0.6) is 0 Å². The molecule has 6 nitrogen and oxygen atoms in total. The van der Waals surface area contributed by atoms with Crippen LogP contribution in [0.15, 0.2) is 57.1 Å². The number of hydrogen-bond acceptors (Lipinski definition) is 7. The summed E-state index contributed by atoms with van der Waals surface area (Å²) in [6.45, 7) is 0.535. The molecule has 1 amide bonds. The number of nitrogens with zero attached hydrogens (tertiary/aromatic N) is 4. The first-order valence-electron chi connectivity index (χ1n) is 10.00. The lowest BCUT2D eigenvalue weighted by Gasteiger charge is -2.18. The van der Waals surface area contributed by atoms with Gasteiger partial charge in [-0.3, -0.25) is 14.2 Å². The van der Waals surface area contributed by atoms with Gasteiger partial charge in [-0.05, 0) is 29.1 Å². The zero-order valence-electron chi connectivity index (χ0n) is 18.4. The van der Waals surface area contributed by atoms with Crippen LogP contribution in [0.2, 0.25) is 0 Å². The summed E-state index contributed by atoms with van der Waals surface area (Å²) in [4.78, 5) is 35.9. The third-order valence-electron chi connectivity index (χ3n) is 5.18. The van der Waals surface area contributed by atoms with Gasteiger partial charge in [0.05, 0.1) is 11.1 Å². The highest BCUT2D eigenvalue weighted by Crippen LogP contribution is 2.34. The van der Waals surface area contributed by atoms with E-state index in [-0.39, 0.29) is 17.2 Å². The second-order valence-corrected chi connectivity index (χ2v) is 10.4. The molecule has 0 saturated heterocycles. The molecule has 0 aliphatic carbocycles. The molecule has 1 aromatic carbocycles. The first-order valence-corrected chi connectivity index (χ1v) is 12.7. The van der Waals surface area contributed by atoms with Gasteiger partial charge in [-0.15, -0.1) is 22.7 Å². The zero-order chi connectivity index (χ0) is 22.8. The van der Waals surface area contributed by atoms with E-state index < -0.39 is 0 Å². The monoisotopic (exact) mass is 484 g/mol. The maximum absolute atomic E-state index is 13.0. The Morgan fingerprint density at radius 2 is 1.88 bits per heavy atom. The van der Waals surface area contributed by atoms with E-state index in [1.807, 2.05) is 66.2 Å². The van der Waals surface area contributed by atoms with Crippen LogP contribution in [0.1, 0.15) is 5.56 Å². The molecule has 9 heteroatoms. The fourth-order valence-electron chi connectivity index (χ4n) is 3.29. The smallest absolute Gasteiger partial charge is 0.263 e. The van der Waals surface area contributed by atoms with Crippen molar-refractivity contribution < 1.29 is 4.79 Å². The molecule has 166 valence electrons. The van der Waals surface area contributed by atoms with Gasteiger partial charge in [0.1, 0.15) is 4.83 Å². The second-order valence-electron chi connectivity index (χ2n) is 7.66. The molecule has 3 heterocycles. The maximum Gasteiger partial charge on any atom is 0.263 e. The molecule has 0 aliphatic rings. The molecular weight excluding hydrogens is 460 g/mol. The Hall–Kier alpha value is -2.62. The Kier molecular flexibility index (Phi) is 6.68. The summed E-state index contributed by atoms with van der Waals surface area (Å²) in [5.74, 6) is 0.216. The summed E-state index contributed by atoms with van der Waals surface area (Å²) in [6.07, 6.45) is 0. The van der Waals surface area contributed by atoms with Gasteiger partial charge in [-0.25, -0.2) is 4.98 Å². The second kappa shape index (κ2) is 9.48. The van der Waals surface area contributed by atoms with E-state index >= 15 is 0 Å². The number of hydrogen-bond donors (Lipinski definition) is 0. The number of anilines is 1. The molecule has 0 bridgehead atoms. The third-order valence-corrected chi connectivity index (χ3v) is 7.97. The molecule has 3 aromatic heterocycles. The van der Waals surface area contributed by atoms with Crippen LogP contribution < -0.4 is 10.5 Å². The van der Waals surface area contributed by atoms with Gasteiger partial charge in [0.15, 0.2) is 5.16 Å². The molecular formula is C23H24N4O2S3. The predicted octanol–water partition coefficient (Wildman–Crippen LogP) is 4.54. The number of rotatable bonds is 7. The number of thiophene rings is 2. The average Bonchev–Trinajstić information content (AvgIpc) is 3.45. The van der Waals surface area contributed by atoms with Crippen molar-refractivity contribution >= 4 is 56.2 Å².